The zero-order valence-corrected chi connectivity index (χ0v) is 13.0. The molecule has 1 amide bonds. The quantitative estimate of drug-likeness (QED) is 0.704. The van der Waals surface area contributed by atoms with Crippen molar-refractivity contribution in [2.75, 3.05) is 58.1 Å². The summed E-state index contributed by atoms with van der Waals surface area (Å²) in [6.45, 7) is 4.61. The number of ether oxygens (including phenoxy) is 2. The van der Waals surface area contributed by atoms with Gasteiger partial charge in [0.25, 0.3) is 5.91 Å². The molecule has 0 aliphatic carbocycles. The van der Waals surface area contributed by atoms with Crippen LogP contribution in [-0.4, -0.2) is 62.9 Å². The number of carbonyl (C=O) groups is 1. The Morgan fingerprint density at radius 2 is 1.95 bits per heavy atom. The van der Waals surface area contributed by atoms with Gasteiger partial charge < -0.3 is 25.4 Å². The standard InChI is InChI=1S/C12H22N4O3S/c1-4-14-12-15-10(13)9(20-12)11(17)16(5-7-18-2)6-8-19-3/h4-8,13H2,1-3H3,(H,14,15). The second-order valence-corrected chi connectivity index (χ2v) is 5.04. The molecule has 3 N–H and O–H groups in total. The summed E-state index contributed by atoms with van der Waals surface area (Å²) in [5.41, 5.74) is 5.82. The van der Waals surface area contributed by atoms with Crippen molar-refractivity contribution in [2.24, 2.45) is 0 Å². The lowest BCUT2D eigenvalue weighted by Gasteiger charge is -2.21. The number of thiazole rings is 1. The smallest absolute Gasteiger partial charge is 0.268 e. The van der Waals surface area contributed by atoms with E-state index < -0.39 is 0 Å². The molecule has 0 spiro atoms. The van der Waals surface area contributed by atoms with E-state index in [-0.39, 0.29) is 11.7 Å². The van der Waals surface area contributed by atoms with E-state index in [1.54, 1.807) is 19.1 Å². The van der Waals surface area contributed by atoms with Crippen molar-refractivity contribution in [1.29, 1.82) is 0 Å². The van der Waals surface area contributed by atoms with Crippen LogP contribution in [-0.2, 0) is 9.47 Å². The molecular formula is C12H22N4O3S. The number of aromatic nitrogens is 1. The van der Waals surface area contributed by atoms with Crippen molar-refractivity contribution in [2.45, 2.75) is 6.92 Å². The monoisotopic (exact) mass is 302 g/mol. The summed E-state index contributed by atoms with van der Waals surface area (Å²) in [6, 6.07) is 0. The van der Waals surface area contributed by atoms with Crippen molar-refractivity contribution < 1.29 is 14.3 Å². The first-order valence-electron chi connectivity index (χ1n) is 6.41. The van der Waals surface area contributed by atoms with Crippen LogP contribution in [0.25, 0.3) is 0 Å². The van der Waals surface area contributed by atoms with E-state index >= 15 is 0 Å². The second kappa shape index (κ2) is 8.72. The zero-order valence-electron chi connectivity index (χ0n) is 12.1. The van der Waals surface area contributed by atoms with Gasteiger partial charge in [-0.3, -0.25) is 4.79 Å². The van der Waals surface area contributed by atoms with Crippen LogP contribution < -0.4 is 11.1 Å². The number of amides is 1. The summed E-state index contributed by atoms with van der Waals surface area (Å²) in [5.74, 6) is 0.119. The molecule has 0 aromatic carbocycles. The topological polar surface area (TPSA) is 89.7 Å². The molecule has 8 heteroatoms. The third-order valence-electron chi connectivity index (χ3n) is 2.59. The molecule has 0 aliphatic rings. The number of anilines is 2. The molecule has 1 aromatic rings. The lowest BCUT2D eigenvalue weighted by Crippen LogP contribution is -2.36. The summed E-state index contributed by atoms with van der Waals surface area (Å²) >= 11 is 1.27. The van der Waals surface area contributed by atoms with Crippen LogP contribution in [0, 0.1) is 0 Å². The average Bonchev–Trinajstić information content (AvgIpc) is 2.79. The normalized spacial score (nSPS) is 10.6. The van der Waals surface area contributed by atoms with Crippen LogP contribution in [0.15, 0.2) is 0 Å². The van der Waals surface area contributed by atoms with Crippen LogP contribution >= 0.6 is 11.3 Å². The van der Waals surface area contributed by atoms with Crippen LogP contribution in [0.2, 0.25) is 0 Å². The molecule has 0 saturated carbocycles. The second-order valence-electron chi connectivity index (χ2n) is 4.04. The van der Waals surface area contributed by atoms with E-state index in [1.807, 2.05) is 6.92 Å². The summed E-state index contributed by atoms with van der Waals surface area (Å²) in [5, 5.41) is 3.72. The van der Waals surface area contributed by atoms with Crippen LogP contribution in [0.5, 0.6) is 0 Å². The minimum atomic E-state index is -0.141. The van der Waals surface area contributed by atoms with Crippen molar-refractivity contribution in [3.8, 4) is 0 Å². The van der Waals surface area contributed by atoms with E-state index in [1.165, 1.54) is 11.3 Å². The number of nitrogens with zero attached hydrogens (tertiary/aromatic N) is 2. The Morgan fingerprint density at radius 1 is 1.35 bits per heavy atom. The Balaban J connectivity index is 2.81. The highest BCUT2D eigenvalue weighted by Crippen LogP contribution is 2.26. The van der Waals surface area contributed by atoms with E-state index in [4.69, 9.17) is 15.2 Å². The molecule has 0 aliphatic heterocycles. The Hall–Kier alpha value is -1.38. The molecule has 0 bridgehead atoms. The van der Waals surface area contributed by atoms with Crippen molar-refractivity contribution >= 4 is 28.2 Å². The Kier molecular flexibility index (Phi) is 7.27. The van der Waals surface area contributed by atoms with Gasteiger partial charge in [-0.1, -0.05) is 11.3 Å². The lowest BCUT2D eigenvalue weighted by atomic mass is 10.4. The maximum Gasteiger partial charge on any atom is 0.268 e. The molecule has 0 saturated heterocycles. The highest BCUT2D eigenvalue weighted by atomic mass is 32.1. The number of nitrogen functional groups attached to an aromatic ring is 1. The number of carbonyl (C=O) groups excluding carboxylic acids is 1. The molecule has 1 heterocycles. The molecule has 1 aromatic heterocycles. The largest absolute Gasteiger partial charge is 0.383 e. The van der Waals surface area contributed by atoms with Crippen molar-refractivity contribution in [3.63, 3.8) is 0 Å². The van der Waals surface area contributed by atoms with Gasteiger partial charge in [-0.2, -0.15) is 0 Å². The summed E-state index contributed by atoms with van der Waals surface area (Å²) in [6.07, 6.45) is 0. The molecule has 0 atom stereocenters. The molecule has 0 radical (unpaired) electrons. The zero-order chi connectivity index (χ0) is 15.0. The maximum atomic E-state index is 12.5. The molecule has 20 heavy (non-hydrogen) atoms. The van der Waals surface area contributed by atoms with Crippen molar-refractivity contribution in [1.82, 2.24) is 9.88 Å². The van der Waals surface area contributed by atoms with Gasteiger partial charge in [-0.05, 0) is 6.92 Å². The van der Waals surface area contributed by atoms with E-state index in [0.717, 1.165) is 6.54 Å². The SMILES string of the molecule is CCNc1nc(N)c(C(=O)N(CCOC)CCOC)s1. The number of hydrogen-bond acceptors (Lipinski definition) is 7. The fourth-order valence-electron chi connectivity index (χ4n) is 1.57. The third-order valence-corrected chi connectivity index (χ3v) is 3.61. The number of nitrogens with one attached hydrogen (secondary N) is 1. The predicted molar refractivity (Wildman–Crippen MR) is 80.3 cm³/mol. The Morgan fingerprint density at radius 3 is 2.45 bits per heavy atom. The number of rotatable bonds is 9. The first-order chi connectivity index (χ1) is 9.63. The van der Waals surface area contributed by atoms with Gasteiger partial charge in [-0.15, -0.1) is 0 Å². The first kappa shape index (κ1) is 16.7. The van der Waals surface area contributed by atoms with Gasteiger partial charge in [0.15, 0.2) is 5.13 Å². The van der Waals surface area contributed by atoms with Gasteiger partial charge in [0.2, 0.25) is 0 Å². The molecule has 0 unspecified atom stereocenters. The third kappa shape index (κ3) is 4.62. The minimum absolute atomic E-state index is 0.141. The molecule has 114 valence electrons. The highest BCUT2D eigenvalue weighted by Gasteiger charge is 2.21. The van der Waals surface area contributed by atoms with E-state index in [0.29, 0.717) is 36.3 Å². The Bertz CT molecular complexity index is 417. The van der Waals surface area contributed by atoms with Gasteiger partial charge >= 0.3 is 0 Å². The van der Waals surface area contributed by atoms with Crippen molar-refractivity contribution in [3.05, 3.63) is 4.88 Å². The molecule has 0 fully saturated rings. The Labute approximate surface area is 123 Å². The van der Waals surface area contributed by atoms with Crippen LogP contribution in [0.3, 0.4) is 0 Å². The van der Waals surface area contributed by atoms with E-state index in [9.17, 15) is 4.79 Å². The predicted octanol–water partition coefficient (Wildman–Crippen LogP) is 0.892. The van der Waals surface area contributed by atoms with Gasteiger partial charge in [0, 0.05) is 33.9 Å². The van der Waals surface area contributed by atoms with E-state index in [2.05, 4.69) is 10.3 Å². The van der Waals surface area contributed by atoms with Crippen LogP contribution in [0.4, 0.5) is 10.9 Å². The number of methoxy groups -OCH3 is 2. The lowest BCUT2D eigenvalue weighted by molar-refractivity contribution is 0.0632. The average molecular weight is 302 g/mol. The summed E-state index contributed by atoms with van der Waals surface area (Å²) in [7, 11) is 3.20. The number of nitrogens with two attached hydrogens (primary N) is 1. The fourth-order valence-corrected chi connectivity index (χ4v) is 2.49. The summed E-state index contributed by atoms with van der Waals surface area (Å²) < 4.78 is 10.0. The first-order valence-corrected chi connectivity index (χ1v) is 7.23. The fraction of sp³-hybridized carbons (Fsp3) is 0.667. The minimum Gasteiger partial charge on any atom is -0.383 e. The molecule has 7 nitrogen and oxygen atoms in total. The molecule has 1 rings (SSSR count). The van der Waals surface area contributed by atoms with Gasteiger partial charge in [0.1, 0.15) is 10.7 Å². The number of hydrogen-bond donors (Lipinski definition) is 2. The maximum absolute atomic E-state index is 12.5. The molecular weight excluding hydrogens is 280 g/mol. The van der Waals surface area contributed by atoms with Gasteiger partial charge in [-0.25, -0.2) is 4.98 Å². The highest BCUT2D eigenvalue weighted by molar-refractivity contribution is 7.18. The van der Waals surface area contributed by atoms with Crippen LogP contribution in [0.1, 0.15) is 16.6 Å². The van der Waals surface area contributed by atoms with Gasteiger partial charge in [0.05, 0.1) is 13.2 Å². The summed E-state index contributed by atoms with van der Waals surface area (Å²) in [4.78, 5) is 18.7.